The predicted molar refractivity (Wildman–Crippen MR) is 72.3 cm³/mol. The Bertz CT molecular complexity index is 504. The number of hydrogen-bond donors (Lipinski definition) is 1. The maximum Gasteiger partial charge on any atom is 0.0751 e. The van der Waals surface area contributed by atoms with Crippen LogP contribution in [0, 0.1) is 0 Å². The third-order valence-electron chi connectivity index (χ3n) is 3.20. The zero-order valence-electron chi connectivity index (χ0n) is 11.2. The molecule has 4 nitrogen and oxygen atoms in total. The Labute approximate surface area is 108 Å². The molecule has 18 heavy (non-hydrogen) atoms. The van der Waals surface area contributed by atoms with Gasteiger partial charge in [0.15, 0.2) is 0 Å². The molecule has 0 spiro atoms. The van der Waals surface area contributed by atoms with E-state index in [0.29, 0.717) is 0 Å². The molecule has 2 heterocycles. The summed E-state index contributed by atoms with van der Waals surface area (Å²) in [6.45, 7) is 5.20. The second kappa shape index (κ2) is 5.78. The van der Waals surface area contributed by atoms with Gasteiger partial charge in [-0.25, -0.2) is 0 Å². The molecule has 0 saturated carbocycles. The third kappa shape index (κ3) is 2.43. The van der Waals surface area contributed by atoms with E-state index in [1.54, 1.807) is 0 Å². The van der Waals surface area contributed by atoms with E-state index in [0.717, 1.165) is 13.0 Å². The maximum absolute atomic E-state index is 4.26. The van der Waals surface area contributed by atoms with E-state index in [9.17, 15) is 0 Å². The van der Waals surface area contributed by atoms with Gasteiger partial charge in [-0.1, -0.05) is 13.8 Å². The fourth-order valence-electron chi connectivity index (χ4n) is 2.26. The van der Waals surface area contributed by atoms with Crippen LogP contribution in [-0.2, 0) is 13.5 Å². The molecule has 0 fully saturated rings. The van der Waals surface area contributed by atoms with Gasteiger partial charge >= 0.3 is 0 Å². The zero-order valence-corrected chi connectivity index (χ0v) is 11.2. The fraction of sp³-hybridized carbons (Fsp3) is 0.429. The molecule has 2 aromatic heterocycles. The molecule has 0 aliphatic carbocycles. The van der Waals surface area contributed by atoms with Crippen LogP contribution in [-0.4, -0.2) is 21.3 Å². The van der Waals surface area contributed by atoms with E-state index < -0.39 is 0 Å². The van der Waals surface area contributed by atoms with Gasteiger partial charge in [-0.2, -0.15) is 5.10 Å². The van der Waals surface area contributed by atoms with E-state index in [1.165, 1.54) is 16.8 Å². The average molecular weight is 244 g/mol. The molecule has 1 atom stereocenters. The highest BCUT2D eigenvalue weighted by molar-refractivity contribution is 5.33. The Morgan fingerprint density at radius 1 is 1.28 bits per heavy atom. The minimum absolute atomic E-state index is 0.181. The first-order valence-electron chi connectivity index (χ1n) is 6.42. The SMILES string of the molecule is CCNC(c1ccncc1CC)c1ccnn1C. The molecule has 1 N–H and O–H groups in total. The Morgan fingerprint density at radius 2 is 2.11 bits per heavy atom. The van der Waals surface area contributed by atoms with Gasteiger partial charge in [0.05, 0.1) is 11.7 Å². The van der Waals surface area contributed by atoms with Crippen molar-refractivity contribution in [3.05, 3.63) is 47.5 Å². The van der Waals surface area contributed by atoms with Gasteiger partial charge in [-0.15, -0.1) is 0 Å². The van der Waals surface area contributed by atoms with Crippen LogP contribution in [0.15, 0.2) is 30.7 Å². The number of nitrogens with one attached hydrogen (secondary N) is 1. The first-order chi connectivity index (χ1) is 8.77. The van der Waals surface area contributed by atoms with Crippen LogP contribution in [0.4, 0.5) is 0 Å². The minimum Gasteiger partial charge on any atom is -0.305 e. The Balaban J connectivity index is 2.45. The molecule has 0 aromatic carbocycles. The maximum atomic E-state index is 4.26. The van der Waals surface area contributed by atoms with Crippen molar-refractivity contribution in [1.82, 2.24) is 20.1 Å². The van der Waals surface area contributed by atoms with Crippen LogP contribution in [0.2, 0.25) is 0 Å². The standard InChI is InChI=1S/C14H20N4/c1-4-11-10-15-8-6-12(11)14(16-5-2)13-7-9-17-18(13)3/h6-10,14,16H,4-5H2,1-3H3. The zero-order chi connectivity index (χ0) is 13.0. The van der Waals surface area contributed by atoms with E-state index >= 15 is 0 Å². The quantitative estimate of drug-likeness (QED) is 0.875. The van der Waals surface area contributed by atoms with Crippen LogP contribution in [0.1, 0.15) is 36.7 Å². The minimum atomic E-state index is 0.181. The summed E-state index contributed by atoms with van der Waals surface area (Å²) in [4.78, 5) is 4.21. The van der Waals surface area contributed by atoms with Crippen molar-refractivity contribution < 1.29 is 0 Å². The molecule has 2 aromatic rings. The smallest absolute Gasteiger partial charge is 0.0751 e. The third-order valence-corrected chi connectivity index (χ3v) is 3.20. The lowest BCUT2D eigenvalue weighted by molar-refractivity contribution is 0.568. The first kappa shape index (κ1) is 12.8. The summed E-state index contributed by atoms with van der Waals surface area (Å²) in [6, 6.07) is 4.34. The lowest BCUT2D eigenvalue weighted by atomic mass is 9.98. The molecular formula is C14H20N4. The normalized spacial score (nSPS) is 12.6. The van der Waals surface area contributed by atoms with Crippen molar-refractivity contribution in [2.75, 3.05) is 6.54 Å². The van der Waals surface area contributed by atoms with Crippen molar-refractivity contribution in [3.8, 4) is 0 Å². The Kier molecular flexibility index (Phi) is 4.10. The van der Waals surface area contributed by atoms with Gasteiger partial charge in [0.2, 0.25) is 0 Å². The lowest BCUT2D eigenvalue weighted by Crippen LogP contribution is -2.25. The van der Waals surface area contributed by atoms with Crippen molar-refractivity contribution in [1.29, 1.82) is 0 Å². The Morgan fingerprint density at radius 3 is 2.72 bits per heavy atom. The molecule has 0 radical (unpaired) electrons. The highest BCUT2D eigenvalue weighted by Crippen LogP contribution is 2.24. The summed E-state index contributed by atoms with van der Waals surface area (Å²) in [6.07, 6.45) is 6.64. The van der Waals surface area contributed by atoms with Gasteiger partial charge in [0.1, 0.15) is 0 Å². The van der Waals surface area contributed by atoms with E-state index in [4.69, 9.17) is 0 Å². The van der Waals surface area contributed by atoms with Crippen molar-refractivity contribution in [2.45, 2.75) is 26.3 Å². The highest BCUT2D eigenvalue weighted by Gasteiger charge is 2.18. The van der Waals surface area contributed by atoms with Crippen molar-refractivity contribution >= 4 is 0 Å². The number of aryl methyl sites for hydroxylation is 2. The lowest BCUT2D eigenvalue weighted by Gasteiger charge is -2.21. The largest absolute Gasteiger partial charge is 0.305 e. The molecule has 0 aliphatic rings. The second-order valence-electron chi connectivity index (χ2n) is 4.30. The van der Waals surface area contributed by atoms with Gasteiger partial charge in [-0.3, -0.25) is 9.67 Å². The van der Waals surface area contributed by atoms with Crippen LogP contribution in [0.5, 0.6) is 0 Å². The first-order valence-corrected chi connectivity index (χ1v) is 6.42. The van der Waals surface area contributed by atoms with Crippen LogP contribution < -0.4 is 5.32 Å². The molecule has 1 unspecified atom stereocenters. The summed E-state index contributed by atoms with van der Waals surface area (Å²) < 4.78 is 1.92. The van der Waals surface area contributed by atoms with Crippen LogP contribution in [0.25, 0.3) is 0 Å². The predicted octanol–water partition coefficient (Wildman–Crippen LogP) is 2.08. The molecule has 0 amide bonds. The molecule has 2 rings (SSSR count). The summed E-state index contributed by atoms with van der Waals surface area (Å²) in [5, 5.41) is 7.79. The molecular weight excluding hydrogens is 224 g/mol. The van der Waals surface area contributed by atoms with Crippen molar-refractivity contribution in [3.63, 3.8) is 0 Å². The number of aromatic nitrogens is 3. The topological polar surface area (TPSA) is 42.7 Å². The monoisotopic (exact) mass is 244 g/mol. The summed E-state index contributed by atoms with van der Waals surface area (Å²) in [5.41, 5.74) is 3.75. The Hall–Kier alpha value is -1.68. The fourth-order valence-corrected chi connectivity index (χ4v) is 2.26. The molecule has 0 bridgehead atoms. The molecule has 0 aliphatic heterocycles. The summed E-state index contributed by atoms with van der Waals surface area (Å²) in [7, 11) is 1.98. The number of rotatable bonds is 5. The highest BCUT2D eigenvalue weighted by atomic mass is 15.3. The number of hydrogen-bond acceptors (Lipinski definition) is 3. The van der Waals surface area contributed by atoms with Crippen molar-refractivity contribution in [2.24, 2.45) is 7.05 Å². The summed E-state index contributed by atoms with van der Waals surface area (Å²) in [5.74, 6) is 0. The van der Waals surface area contributed by atoms with E-state index in [1.807, 2.05) is 30.3 Å². The molecule has 96 valence electrons. The number of pyridine rings is 1. The molecule has 0 saturated heterocycles. The average Bonchev–Trinajstić information content (AvgIpc) is 2.82. The van der Waals surface area contributed by atoms with Crippen LogP contribution >= 0.6 is 0 Å². The van der Waals surface area contributed by atoms with Gasteiger partial charge in [-0.05, 0) is 36.2 Å². The van der Waals surface area contributed by atoms with Gasteiger partial charge in [0.25, 0.3) is 0 Å². The van der Waals surface area contributed by atoms with Gasteiger partial charge in [0, 0.05) is 25.6 Å². The van der Waals surface area contributed by atoms with Gasteiger partial charge < -0.3 is 5.32 Å². The van der Waals surface area contributed by atoms with E-state index in [-0.39, 0.29) is 6.04 Å². The number of nitrogens with zero attached hydrogens (tertiary/aromatic N) is 3. The van der Waals surface area contributed by atoms with E-state index in [2.05, 4.69) is 41.4 Å². The molecule has 4 heteroatoms. The summed E-state index contributed by atoms with van der Waals surface area (Å²) >= 11 is 0. The van der Waals surface area contributed by atoms with Crippen LogP contribution in [0.3, 0.4) is 0 Å². The second-order valence-corrected chi connectivity index (χ2v) is 4.30.